The molecule has 0 atom stereocenters. The molecule has 4 heterocycles. The van der Waals surface area contributed by atoms with Gasteiger partial charge in [0.1, 0.15) is 11.6 Å². The minimum absolute atomic E-state index is 0.0113. The lowest BCUT2D eigenvalue weighted by molar-refractivity contribution is -0.141. The number of aromatic carboxylic acids is 1. The van der Waals surface area contributed by atoms with E-state index in [-0.39, 0.29) is 50.3 Å². The Morgan fingerprint density at radius 1 is 1.12 bits per heavy atom. The van der Waals surface area contributed by atoms with Crippen LogP contribution in [0.5, 0.6) is 5.75 Å². The van der Waals surface area contributed by atoms with Gasteiger partial charge in [-0.25, -0.2) is 18.7 Å². The Morgan fingerprint density at radius 3 is 2.62 bits per heavy atom. The summed E-state index contributed by atoms with van der Waals surface area (Å²) in [5.41, 5.74) is -1.45. The molecule has 0 aliphatic carbocycles. The zero-order valence-corrected chi connectivity index (χ0v) is 17.1. The zero-order valence-electron chi connectivity index (χ0n) is 17.1. The minimum Gasteiger partial charge on any atom is -0.497 e. The molecule has 0 aliphatic heterocycles. The first kappa shape index (κ1) is 21.3. The molecule has 172 valence electrons. The average Bonchev–Trinajstić information content (AvgIpc) is 3.24. The van der Waals surface area contributed by atoms with Crippen LogP contribution in [0.1, 0.15) is 16.1 Å². The van der Waals surface area contributed by atoms with Gasteiger partial charge in [-0.1, -0.05) is 0 Å². The Morgan fingerprint density at radius 2 is 1.91 bits per heavy atom. The van der Waals surface area contributed by atoms with Crippen molar-refractivity contribution in [2.75, 3.05) is 12.4 Å². The van der Waals surface area contributed by atoms with E-state index in [9.17, 15) is 27.5 Å². The van der Waals surface area contributed by atoms with Crippen LogP contribution in [0.4, 0.5) is 29.2 Å². The maximum Gasteiger partial charge on any atom is 0.435 e. The SMILES string of the molecule is COc1cc(F)cc(Nc2ncc3c4cncc(C(=O)O)c4c4cc(C(F)(F)F)nn4c3n2)c1. The van der Waals surface area contributed by atoms with Crippen molar-refractivity contribution in [3.8, 4) is 5.75 Å². The number of nitrogens with one attached hydrogen (secondary N) is 1. The molecule has 13 heteroatoms. The van der Waals surface area contributed by atoms with Gasteiger partial charge in [0.15, 0.2) is 11.3 Å². The fourth-order valence-corrected chi connectivity index (χ4v) is 3.63. The number of ether oxygens (including phenoxy) is 1. The number of carboxylic acids is 1. The smallest absolute Gasteiger partial charge is 0.435 e. The molecule has 34 heavy (non-hydrogen) atoms. The monoisotopic (exact) mass is 472 g/mol. The maximum absolute atomic E-state index is 13.8. The molecule has 0 saturated carbocycles. The minimum atomic E-state index is -4.78. The van der Waals surface area contributed by atoms with Crippen molar-refractivity contribution in [1.29, 1.82) is 0 Å². The Labute approximate surface area is 186 Å². The number of benzene rings is 1. The van der Waals surface area contributed by atoms with Crippen LogP contribution in [0, 0.1) is 5.82 Å². The summed E-state index contributed by atoms with van der Waals surface area (Å²) in [5.74, 6) is -1.79. The van der Waals surface area contributed by atoms with Crippen LogP contribution in [0.3, 0.4) is 0 Å². The Bertz CT molecular complexity index is 1620. The van der Waals surface area contributed by atoms with Crippen molar-refractivity contribution >= 4 is 44.9 Å². The molecule has 0 radical (unpaired) electrons. The van der Waals surface area contributed by atoms with Crippen molar-refractivity contribution in [2.45, 2.75) is 6.18 Å². The highest BCUT2D eigenvalue weighted by Gasteiger charge is 2.35. The summed E-state index contributed by atoms with van der Waals surface area (Å²) in [7, 11) is 1.36. The molecular weight excluding hydrogens is 460 g/mol. The van der Waals surface area contributed by atoms with Crippen LogP contribution < -0.4 is 10.1 Å². The van der Waals surface area contributed by atoms with Crippen LogP contribution in [-0.2, 0) is 6.18 Å². The second-order valence-corrected chi connectivity index (χ2v) is 7.17. The van der Waals surface area contributed by atoms with Crippen LogP contribution in [0.15, 0.2) is 42.9 Å². The molecule has 0 fully saturated rings. The Hall–Kier alpha value is -4.55. The van der Waals surface area contributed by atoms with E-state index in [2.05, 4.69) is 25.4 Å². The molecule has 5 rings (SSSR count). The van der Waals surface area contributed by atoms with E-state index < -0.39 is 23.7 Å². The fraction of sp³-hybridized carbons (Fsp3) is 0.0952. The van der Waals surface area contributed by atoms with Gasteiger partial charge in [0.25, 0.3) is 0 Å². The number of halogens is 4. The predicted octanol–water partition coefficient (Wildman–Crippen LogP) is 4.43. The highest BCUT2D eigenvalue weighted by molar-refractivity contribution is 6.17. The van der Waals surface area contributed by atoms with E-state index in [0.29, 0.717) is 0 Å². The summed E-state index contributed by atoms with van der Waals surface area (Å²) in [6.45, 7) is 0. The van der Waals surface area contributed by atoms with Crippen molar-refractivity contribution in [3.05, 3.63) is 59.9 Å². The molecule has 0 spiro atoms. The molecule has 4 aromatic heterocycles. The summed E-state index contributed by atoms with van der Waals surface area (Å²) in [6.07, 6.45) is -1.12. The number of fused-ring (bicyclic) bond motifs is 6. The van der Waals surface area contributed by atoms with Gasteiger partial charge in [-0.3, -0.25) is 4.98 Å². The second kappa shape index (κ2) is 7.50. The van der Waals surface area contributed by atoms with E-state index in [1.165, 1.54) is 25.6 Å². The number of anilines is 2. The Balaban J connectivity index is 1.80. The first-order valence-electron chi connectivity index (χ1n) is 9.54. The number of hydrogen-bond donors (Lipinski definition) is 2. The average molecular weight is 472 g/mol. The van der Waals surface area contributed by atoms with Crippen molar-refractivity contribution in [3.63, 3.8) is 0 Å². The van der Waals surface area contributed by atoms with Gasteiger partial charge < -0.3 is 15.2 Å². The fourth-order valence-electron chi connectivity index (χ4n) is 3.63. The van der Waals surface area contributed by atoms with Gasteiger partial charge in [0.2, 0.25) is 5.95 Å². The number of pyridine rings is 2. The van der Waals surface area contributed by atoms with Crippen LogP contribution in [0.25, 0.3) is 27.3 Å². The third-order valence-electron chi connectivity index (χ3n) is 5.05. The van der Waals surface area contributed by atoms with Crippen LogP contribution in [0.2, 0.25) is 0 Å². The summed E-state index contributed by atoms with van der Waals surface area (Å²) in [4.78, 5) is 24.1. The molecule has 1 aromatic carbocycles. The number of aromatic nitrogens is 5. The molecule has 2 N–H and O–H groups in total. The van der Waals surface area contributed by atoms with E-state index in [0.717, 1.165) is 28.9 Å². The molecule has 9 nitrogen and oxygen atoms in total. The summed E-state index contributed by atoms with van der Waals surface area (Å²) in [6, 6.07) is 4.55. The van der Waals surface area contributed by atoms with E-state index in [1.807, 2.05) is 0 Å². The normalized spacial score (nSPS) is 11.9. The lowest BCUT2D eigenvalue weighted by Crippen LogP contribution is -2.07. The van der Waals surface area contributed by atoms with Gasteiger partial charge in [0, 0.05) is 52.6 Å². The molecule has 0 unspecified atom stereocenters. The van der Waals surface area contributed by atoms with Crippen LogP contribution in [-0.4, -0.2) is 42.8 Å². The number of hydrogen-bond acceptors (Lipinski definition) is 7. The number of rotatable bonds is 4. The predicted molar refractivity (Wildman–Crippen MR) is 112 cm³/mol. The first-order chi connectivity index (χ1) is 16.2. The summed E-state index contributed by atoms with van der Waals surface area (Å²) < 4.78 is 60.2. The summed E-state index contributed by atoms with van der Waals surface area (Å²) in [5, 5.41) is 16.5. The number of carbonyl (C=O) groups is 1. The number of nitrogens with zero attached hydrogens (tertiary/aromatic N) is 5. The number of alkyl halides is 3. The third-order valence-corrected chi connectivity index (χ3v) is 5.05. The standard InChI is InChI=1S/C21H12F4N6O3/c1-34-11-3-9(22)2-10(4-11)28-20-27-8-13-12-6-26-7-14(19(32)33)17(12)15-5-16(21(23,24)25)30-31(15)18(13)29-20/h2-8H,1H3,(H,32,33)(H,27,28,29). The van der Waals surface area contributed by atoms with Gasteiger partial charge >= 0.3 is 12.1 Å². The van der Waals surface area contributed by atoms with Crippen molar-refractivity contribution in [1.82, 2.24) is 24.6 Å². The van der Waals surface area contributed by atoms with Gasteiger partial charge in [-0.2, -0.15) is 23.3 Å². The number of methoxy groups -OCH3 is 1. The highest BCUT2D eigenvalue weighted by atomic mass is 19.4. The number of carboxylic acid groups (broad SMARTS) is 1. The highest BCUT2D eigenvalue weighted by Crippen LogP contribution is 2.35. The molecule has 0 bridgehead atoms. The van der Waals surface area contributed by atoms with Crippen molar-refractivity contribution in [2.24, 2.45) is 0 Å². The summed E-state index contributed by atoms with van der Waals surface area (Å²) >= 11 is 0. The van der Waals surface area contributed by atoms with Gasteiger partial charge in [-0.15, -0.1) is 0 Å². The lowest BCUT2D eigenvalue weighted by atomic mass is 10.1. The van der Waals surface area contributed by atoms with E-state index in [4.69, 9.17) is 4.74 Å². The topological polar surface area (TPSA) is 115 Å². The molecular formula is C21H12F4N6O3. The quantitative estimate of drug-likeness (QED) is 0.292. The largest absolute Gasteiger partial charge is 0.497 e. The van der Waals surface area contributed by atoms with Crippen LogP contribution >= 0.6 is 0 Å². The van der Waals surface area contributed by atoms with Gasteiger partial charge in [0.05, 0.1) is 18.2 Å². The molecule has 5 aromatic rings. The Kier molecular flexibility index (Phi) is 4.70. The maximum atomic E-state index is 13.8. The zero-order chi connectivity index (χ0) is 24.2. The van der Waals surface area contributed by atoms with Crippen molar-refractivity contribution < 1.29 is 32.2 Å². The first-order valence-corrected chi connectivity index (χ1v) is 9.54. The van der Waals surface area contributed by atoms with Gasteiger partial charge in [-0.05, 0) is 12.1 Å². The molecule has 0 aliphatic rings. The third kappa shape index (κ3) is 3.46. The second-order valence-electron chi connectivity index (χ2n) is 7.17. The van der Waals surface area contributed by atoms with E-state index >= 15 is 0 Å². The molecule has 0 amide bonds. The molecule has 0 saturated heterocycles. The lowest BCUT2D eigenvalue weighted by Gasteiger charge is -2.11. The van der Waals surface area contributed by atoms with E-state index in [1.54, 1.807) is 0 Å².